The third-order valence-electron chi connectivity index (χ3n) is 4.43. The van der Waals surface area contributed by atoms with Crippen molar-refractivity contribution in [3.8, 4) is 0 Å². The lowest BCUT2D eigenvalue weighted by Gasteiger charge is -2.22. The summed E-state index contributed by atoms with van der Waals surface area (Å²) in [6, 6.07) is 21.3. The minimum atomic E-state index is -3.93. The van der Waals surface area contributed by atoms with E-state index in [1.807, 2.05) is 6.07 Å². The normalized spacial score (nSPS) is 11.3. The smallest absolute Gasteiger partial charge is 0.248 e. The number of primary amides is 1. The first-order chi connectivity index (χ1) is 14.8. The summed E-state index contributed by atoms with van der Waals surface area (Å²) < 4.78 is 28.3. The van der Waals surface area contributed by atoms with Crippen LogP contribution >= 0.6 is 15.9 Å². The van der Waals surface area contributed by atoms with Gasteiger partial charge in [-0.2, -0.15) is 4.31 Å². The van der Waals surface area contributed by atoms with E-state index in [2.05, 4.69) is 21.2 Å². The standard InChI is InChI=1S/C22H20BrN3O4S/c23-18-8-12-20(13-9-18)31(29,30)26(14-16-4-2-1-3-5-16)15-21(27)25-19-10-6-17(7-11-19)22(24)28/h1-13H,14-15H2,(H2,24,28)(H,25,27). The Morgan fingerprint density at radius 2 is 1.52 bits per heavy atom. The number of carbonyl (C=O) groups is 2. The first kappa shape index (κ1) is 22.7. The molecular weight excluding hydrogens is 482 g/mol. The van der Waals surface area contributed by atoms with Gasteiger partial charge in [-0.25, -0.2) is 8.42 Å². The number of sulfonamides is 1. The fraction of sp³-hybridized carbons (Fsp3) is 0.0909. The maximum atomic E-state index is 13.2. The first-order valence-electron chi connectivity index (χ1n) is 9.25. The fourth-order valence-corrected chi connectivity index (χ4v) is 4.50. The molecule has 0 radical (unpaired) electrons. The number of carbonyl (C=O) groups excluding carboxylic acids is 2. The number of nitrogens with zero attached hydrogens (tertiary/aromatic N) is 1. The van der Waals surface area contributed by atoms with Crippen LogP contribution in [0, 0.1) is 0 Å². The van der Waals surface area contributed by atoms with E-state index in [4.69, 9.17) is 5.73 Å². The largest absolute Gasteiger partial charge is 0.366 e. The fourth-order valence-electron chi connectivity index (χ4n) is 2.85. The van der Waals surface area contributed by atoms with Crippen molar-refractivity contribution in [1.29, 1.82) is 0 Å². The third-order valence-corrected chi connectivity index (χ3v) is 6.76. The van der Waals surface area contributed by atoms with Crippen molar-refractivity contribution >= 4 is 43.5 Å². The number of anilines is 1. The van der Waals surface area contributed by atoms with Crippen molar-refractivity contribution in [3.05, 3.63) is 94.5 Å². The summed E-state index contributed by atoms with van der Waals surface area (Å²) in [6.07, 6.45) is 0. The zero-order valence-corrected chi connectivity index (χ0v) is 18.8. The van der Waals surface area contributed by atoms with Gasteiger partial charge in [-0.3, -0.25) is 9.59 Å². The molecule has 7 nitrogen and oxygen atoms in total. The van der Waals surface area contributed by atoms with Gasteiger partial charge < -0.3 is 11.1 Å². The summed E-state index contributed by atoms with van der Waals surface area (Å²) in [7, 11) is -3.93. The van der Waals surface area contributed by atoms with Gasteiger partial charge in [0, 0.05) is 22.3 Å². The zero-order chi connectivity index (χ0) is 22.4. The maximum Gasteiger partial charge on any atom is 0.248 e. The van der Waals surface area contributed by atoms with E-state index in [1.165, 1.54) is 36.4 Å². The number of nitrogens with two attached hydrogens (primary N) is 1. The molecule has 0 atom stereocenters. The molecule has 0 bridgehead atoms. The molecule has 3 N–H and O–H groups in total. The minimum absolute atomic E-state index is 0.0350. The van der Waals surface area contributed by atoms with Crippen molar-refractivity contribution in [2.45, 2.75) is 11.4 Å². The van der Waals surface area contributed by atoms with E-state index >= 15 is 0 Å². The number of hydrogen-bond acceptors (Lipinski definition) is 4. The lowest BCUT2D eigenvalue weighted by atomic mass is 10.2. The molecule has 0 saturated heterocycles. The summed E-state index contributed by atoms with van der Waals surface area (Å²) in [5, 5.41) is 2.65. The molecule has 3 rings (SSSR count). The SMILES string of the molecule is NC(=O)c1ccc(NC(=O)CN(Cc2ccccc2)S(=O)(=O)c2ccc(Br)cc2)cc1. The van der Waals surface area contributed by atoms with Crippen LogP contribution in [0.15, 0.2) is 88.2 Å². The predicted molar refractivity (Wildman–Crippen MR) is 122 cm³/mol. The van der Waals surface area contributed by atoms with Gasteiger partial charge in [0.05, 0.1) is 11.4 Å². The molecule has 31 heavy (non-hydrogen) atoms. The van der Waals surface area contributed by atoms with Gasteiger partial charge in [0.25, 0.3) is 0 Å². The van der Waals surface area contributed by atoms with E-state index in [0.717, 1.165) is 14.3 Å². The van der Waals surface area contributed by atoms with Crippen LogP contribution in [0.2, 0.25) is 0 Å². The number of halogens is 1. The second-order valence-electron chi connectivity index (χ2n) is 6.70. The second-order valence-corrected chi connectivity index (χ2v) is 9.56. The van der Waals surface area contributed by atoms with Crippen molar-refractivity contribution < 1.29 is 18.0 Å². The number of hydrogen-bond donors (Lipinski definition) is 2. The molecule has 0 aliphatic carbocycles. The first-order valence-corrected chi connectivity index (χ1v) is 11.5. The number of benzene rings is 3. The Balaban J connectivity index is 1.82. The molecule has 0 saturated carbocycles. The number of rotatable bonds is 8. The van der Waals surface area contributed by atoms with E-state index in [-0.39, 0.29) is 18.0 Å². The van der Waals surface area contributed by atoms with Crippen LogP contribution in [0.25, 0.3) is 0 Å². The topological polar surface area (TPSA) is 110 Å². The van der Waals surface area contributed by atoms with Crippen molar-refractivity contribution in [1.82, 2.24) is 4.31 Å². The minimum Gasteiger partial charge on any atom is -0.366 e. The Bertz CT molecular complexity index is 1170. The molecule has 0 unspecified atom stereocenters. The van der Waals surface area contributed by atoms with Crippen LogP contribution in [0.3, 0.4) is 0 Å². The predicted octanol–water partition coefficient (Wildman–Crippen LogP) is 3.38. The van der Waals surface area contributed by atoms with Gasteiger partial charge in [-0.05, 0) is 54.1 Å². The molecule has 3 aromatic carbocycles. The van der Waals surface area contributed by atoms with Gasteiger partial charge >= 0.3 is 0 Å². The lowest BCUT2D eigenvalue weighted by molar-refractivity contribution is -0.116. The maximum absolute atomic E-state index is 13.2. The van der Waals surface area contributed by atoms with Crippen LogP contribution in [0.5, 0.6) is 0 Å². The molecule has 0 aromatic heterocycles. The van der Waals surface area contributed by atoms with Crippen LogP contribution in [-0.2, 0) is 21.4 Å². The molecule has 2 amide bonds. The second kappa shape index (κ2) is 9.86. The molecule has 0 heterocycles. The average Bonchev–Trinajstić information content (AvgIpc) is 2.74. The molecular formula is C22H20BrN3O4S. The van der Waals surface area contributed by atoms with Crippen molar-refractivity contribution in [3.63, 3.8) is 0 Å². The highest BCUT2D eigenvalue weighted by atomic mass is 79.9. The van der Waals surface area contributed by atoms with Crippen LogP contribution in [-0.4, -0.2) is 31.1 Å². The molecule has 0 aliphatic rings. The van der Waals surface area contributed by atoms with Crippen LogP contribution in [0.1, 0.15) is 15.9 Å². The Morgan fingerprint density at radius 3 is 2.10 bits per heavy atom. The Labute approximate surface area is 189 Å². The lowest BCUT2D eigenvalue weighted by Crippen LogP contribution is -2.37. The van der Waals surface area contributed by atoms with Gasteiger partial charge in [0.2, 0.25) is 21.8 Å². The van der Waals surface area contributed by atoms with Crippen molar-refractivity contribution in [2.75, 3.05) is 11.9 Å². The van der Waals surface area contributed by atoms with E-state index in [0.29, 0.717) is 11.3 Å². The van der Waals surface area contributed by atoms with Gasteiger partial charge in [-0.15, -0.1) is 0 Å². The summed E-state index contributed by atoms with van der Waals surface area (Å²) in [4.78, 5) is 23.9. The highest BCUT2D eigenvalue weighted by Gasteiger charge is 2.27. The Kier molecular flexibility index (Phi) is 7.21. The van der Waals surface area contributed by atoms with E-state index in [1.54, 1.807) is 36.4 Å². The van der Waals surface area contributed by atoms with Crippen LogP contribution < -0.4 is 11.1 Å². The molecule has 0 spiro atoms. The molecule has 160 valence electrons. The van der Waals surface area contributed by atoms with Crippen molar-refractivity contribution in [2.24, 2.45) is 5.73 Å². The highest BCUT2D eigenvalue weighted by molar-refractivity contribution is 9.10. The van der Waals surface area contributed by atoms with Gasteiger partial charge in [-0.1, -0.05) is 46.3 Å². The molecule has 0 fully saturated rings. The van der Waals surface area contributed by atoms with Gasteiger partial charge in [0.1, 0.15) is 0 Å². The number of nitrogens with one attached hydrogen (secondary N) is 1. The Hall–Kier alpha value is -3.01. The van der Waals surface area contributed by atoms with E-state index in [9.17, 15) is 18.0 Å². The highest BCUT2D eigenvalue weighted by Crippen LogP contribution is 2.21. The van der Waals surface area contributed by atoms with E-state index < -0.39 is 21.8 Å². The monoisotopic (exact) mass is 501 g/mol. The molecule has 0 aliphatic heterocycles. The summed E-state index contributed by atoms with van der Waals surface area (Å²) in [6.45, 7) is -0.349. The van der Waals surface area contributed by atoms with Crippen LogP contribution in [0.4, 0.5) is 5.69 Å². The third kappa shape index (κ3) is 6.00. The molecule has 3 aromatic rings. The zero-order valence-electron chi connectivity index (χ0n) is 16.4. The quantitative estimate of drug-likeness (QED) is 0.492. The molecule has 9 heteroatoms. The van der Waals surface area contributed by atoms with Gasteiger partial charge in [0.15, 0.2) is 0 Å². The Morgan fingerprint density at radius 1 is 0.903 bits per heavy atom. The summed E-state index contributed by atoms with van der Waals surface area (Å²) >= 11 is 3.29. The average molecular weight is 502 g/mol. The summed E-state index contributed by atoms with van der Waals surface area (Å²) in [5.74, 6) is -1.09. The number of amides is 2. The summed E-state index contributed by atoms with van der Waals surface area (Å²) in [5.41, 5.74) is 6.70.